The molecule has 0 radical (unpaired) electrons. The molecule has 5 nitrogen and oxygen atoms in total. The maximum atomic E-state index is 12.3. The van der Waals surface area contributed by atoms with Crippen LogP contribution in [0.5, 0.6) is 0 Å². The van der Waals surface area contributed by atoms with Crippen molar-refractivity contribution in [3.8, 4) is 0 Å². The third-order valence-electron chi connectivity index (χ3n) is 4.46. The predicted molar refractivity (Wildman–Crippen MR) is 76.3 cm³/mol. The molecule has 2 aliphatic rings. The Morgan fingerprint density at radius 1 is 1.30 bits per heavy atom. The molecule has 1 saturated heterocycles. The lowest BCUT2D eigenvalue weighted by atomic mass is 9.94. The van der Waals surface area contributed by atoms with Gasteiger partial charge in [-0.1, -0.05) is 6.42 Å². The maximum absolute atomic E-state index is 12.3. The highest BCUT2D eigenvalue weighted by molar-refractivity contribution is 5.84. The van der Waals surface area contributed by atoms with E-state index in [9.17, 15) is 14.7 Å². The second-order valence-electron chi connectivity index (χ2n) is 7.11. The van der Waals surface area contributed by atoms with Gasteiger partial charge in [0.15, 0.2) is 0 Å². The lowest BCUT2D eigenvalue weighted by Gasteiger charge is -2.26. The van der Waals surface area contributed by atoms with Gasteiger partial charge in [0.25, 0.3) is 0 Å². The highest BCUT2D eigenvalue weighted by atomic mass is 16.4. The fourth-order valence-corrected chi connectivity index (χ4v) is 3.57. The molecule has 0 bridgehead atoms. The van der Waals surface area contributed by atoms with E-state index in [0.29, 0.717) is 25.4 Å². The van der Waals surface area contributed by atoms with E-state index < -0.39 is 12.0 Å². The van der Waals surface area contributed by atoms with Gasteiger partial charge in [0.05, 0.1) is 0 Å². The molecule has 1 aliphatic carbocycles. The van der Waals surface area contributed by atoms with Gasteiger partial charge in [0, 0.05) is 25.0 Å². The van der Waals surface area contributed by atoms with Crippen molar-refractivity contribution in [1.82, 2.24) is 10.2 Å². The number of likely N-dealkylation sites (tertiary alicyclic amines) is 1. The summed E-state index contributed by atoms with van der Waals surface area (Å²) >= 11 is 0. The highest BCUT2D eigenvalue weighted by Gasteiger charge is 2.49. The summed E-state index contributed by atoms with van der Waals surface area (Å²) in [6, 6.07) is -0.593. The van der Waals surface area contributed by atoms with Gasteiger partial charge < -0.3 is 15.3 Å². The molecule has 1 aliphatic heterocycles. The second-order valence-corrected chi connectivity index (χ2v) is 7.11. The number of hydrogen-bond acceptors (Lipinski definition) is 3. The molecule has 2 rings (SSSR count). The summed E-state index contributed by atoms with van der Waals surface area (Å²) in [5.74, 6) is -0.289. The molecule has 114 valence electrons. The Hall–Kier alpha value is -1.10. The van der Waals surface area contributed by atoms with E-state index in [1.807, 2.05) is 0 Å². The summed E-state index contributed by atoms with van der Waals surface area (Å²) < 4.78 is 0. The first-order valence-corrected chi connectivity index (χ1v) is 7.57. The average Bonchev–Trinajstić information content (AvgIpc) is 2.84. The molecule has 20 heavy (non-hydrogen) atoms. The molecule has 0 aromatic carbocycles. The zero-order valence-electron chi connectivity index (χ0n) is 12.7. The summed E-state index contributed by atoms with van der Waals surface area (Å²) in [6.07, 6.45) is 3.50. The number of carbonyl (C=O) groups excluding carboxylic acids is 1. The number of hydrogen-bond donors (Lipinski definition) is 2. The number of carboxylic acid groups (broad SMARTS) is 1. The maximum Gasteiger partial charge on any atom is 0.326 e. The van der Waals surface area contributed by atoms with Crippen LogP contribution in [-0.2, 0) is 9.59 Å². The van der Waals surface area contributed by atoms with Crippen molar-refractivity contribution in [2.24, 2.45) is 11.8 Å². The number of nitrogens with one attached hydrogen (secondary N) is 1. The number of nitrogens with zero attached hydrogens (tertiary/aromatic N) is 1. The Morgan fingerprint density at radius 2 is 2.00 bits per heavy atom. The molecule has 3 atom stereocenters. The summed E-state index contributed by atoms with van der Waals surface area (Å²) in [6.45, 7) is 7.39. The zero-order chi connectivity index (χ0) is 14.9. The van der Waals surface area contributed by atoms with Gasteiger partial charge in [0.2, 0.25) is 5.91 Å². The average molecular weight is 282 g/mol. The Balaban J connectivity index is 1.93. The normalized spacial score (nSPS) is 29.6. The van der Waals surface area contributed by atoms with Crippen LogP contribution in [0.1, 0.15) is 46.5 Å². The first kappa shape index (κ1) is 15.3. The third kappa shape index (κ3) is 3.32. The van der Waals surface area contributed by atoms with E-state index in [2.05, 4.69) is 26.1 Å². The van der Waals surface area contributed by atoms with E-state index in [-0.39, 0.29) is 17.4 Å². The van der Waals surface area contributed by atoms with Crippen molar-refractivity contribution in [2.45, 2.75) is 58.0 Å². The van der Waals surface area contributed by atoms with Crippen molar-refractivity contribution in [1.29, 1.82) is 0 Å². The Kier molecular flexibility index (Phi) is 4.37. The number of amides is 1. The monoisotopic (exact) mass is 282 g/mol. The van der Waals surface area contributed by atoms with Crippen LogP contribution in [0.3, 0.4) is 0 Å². The van der Waals surface area contributed by atoms with Crippen molar-refractivity contribution >= 4 is 11.9 Å². The Labute approximate surface area is 120 Å². The first-order valence-electron chi connectivity index (χ1n) is 7.57. The number of carboxylic acids is 1. The van der Waals surface area contributed by atoms with Crippen molar-refractivity contribution in [3.63, 3.8) is 0 Å². The minimum absolute atomic E-state index is 0.0198. The summed E-state index contributed by atoms with van der Waals surface area (Å²) in [5.41, 5.74) is -0.0198. The minimum atomic E-state index is -0.837. The topological polar surface area (TPSA) is 69.6 Å². The van der Waals surface area contributed by atoms with Gasteiger partial charge in [-0.2, -0.15) is 0 Å². The minimum Gasteiger partial charge on any atom is -0.480 e. The largest absolute Gasteiger partial charge is 0.480 e. The van der Waals surface area contributed by atoms with Crippen molar-refractivity contribution in [2.75, 3.05) is 13.1 Å². The fourth-order valence-electron chi connectivity index (χ4n) is 3.57. The van der Waals surface area contributed by atoms with Crippen LogP contribution in [0.15, 0.2) is 0 Å². The molecule has 5 heteroatoms. The lowest BCUT2D eigenvalue weighted by molar-refractivity contribution is -0.149. The molecule has 0 aromatic heterocycles. The molecule has 2 fully saturated rings. The molecule has 3 unspecified atom stereocenters. The number of fused-ring (bicyclic) bond motifs is 1. The predicted octanol–water partition coefficient (Wildman–Crippen LogP) is 1.48. The van der Waals surface area contributed by atoms with Crippen LogP contribution in [0.25, 0.3) is 0 Å². The lowest BCUT2D eigenvalue weighted by Crippen LogP contribution is -2.45. The molecular formula is C15H26N2O3. The summed E-state index contributed by atoms with van der Waals surface area (Å²) in [4.78, 5) is 25.4. The standard InChI is InChI=1S/C15H26N2O3/c1-15(2,3)16-8-7-12(18)17-9-10-5-4-6-11(10)13(17)14(19)20/h10-11,13,16H,4-9H2,1-3H3,(H,19,20). The number of carbonyl (C=O) groups is 2. The third-order valence-corrected chi connectivity index (χ3v) is 4.46. The molecule has 1 amide bonds. The quantitative estimate of drug-likeness (QED) is 0.819. The number of aliphatic carboxylic acids is 1. The van der Waals surface area contributed by atoms with E-state index in [4.69, 9.17) is 0 Å². The molecule has 0 aromatic rings. The fraction of sp³-hybridized carbons (Fsp3) is 0.867. The molecular weight excluding hydrogens is 256 g/mol. The van der Waals surface area contributed by atoms with Crippen LogP contribution in [0.2, 0.25) is 0 Å². The van der Waals surface area contributed by atoms with Crippen LogP contribution in [0.4, 0.5) is 0 Å². The number of rotatable bonds is 4. The van der Waals surface area contributed by atoms with E-state index in [0.717, 1.165) is 19.3 Å². The molecule has 1 heterocycles. The van der Waals surface area contributed by atoms with Crippen molar-refractivity contribution < 1.29 is 14.7 Å². The Bertz CT molecular complexity index is 389. The van der Waals surface area contributed by atoms with Crippen molar-refractivity contribution in [3.05, 3.63) is 0 Å². The second kappa shape index (κ2) is 5.72. The van der Waals surface area contributed by atoms with E-state index in [1.165, 1.54) is 0 Å². The van der Waals surface area contributed by atoms with Crippen LogP contribution in [0, 0.1) is 11.8 Å². The van der Waals surface area contributed by atoms with Gasteiger partial charge in [-0.15, -0.1) is 0 Å². The molecule has 0 spiro atoms. The van der Waals surface area contributed by atoms with Gasteiger partial charge in [-0.05, 0) is 45.4 Å². The van der Waals surface area contributed by atoms with Crippen LogP contribution >= 0.6 is 0 Å². The van der Waals surface area contributed by atoms with E-state index >= 15 is 0 Å². The van der Waals surface area contributed by atoms with Gasteiger partial charge in [-0.25, -0.2) is 4.79 Å². The van der Waals surface area contributed by atoms with E-state index in [1.54, 1.807) is 4.90 Å². The zero-order valence-corrected chi connectivity index (χ0v) is 12.7. The Morgan fingerprint density at radius 3 is 2.60 bits per heavy atom. The smallest absolute Gasteiger partial charge is 0.326 e. The van der Waals surface area contributed by atoms with Gasteiger partial charge in [-0.3, -0.25) is 4.79 Å². The molecule has 1 saturated carbocycles. The summed E-state index contributed by atoms with van der Waals surface area (Å²) in [7, 11) is 0. The van der Waals surface area contributed by atoms with Crippen LogP contribution in [-0.4, -0.2) is 46.6 Å². The summed E-state index contributed by atoms with van der Waals surface area (Å²) in [5, 5.41) is 12.7. The van der Waals surface area contributed by atoms with Crippen LogP contribution < -0.4 is 5.32 Å². The first-order chi connectivity index (χ1) is 9.29. The van der Waals surface area contributed by atoms with Gasteiger partial charge in [0.1, 0.15) is 6.04 Å². The SMILES string of the molecule is CC(C)(C)NCCC(=O)N1CC2CCCC2C1C(=O)O. The molecule has 2 N–H and O–H groups in total. The van der Waals surface area contributed by atoms with Gasteiger partial charge >= 0.3 is 5.97 Å². The highest BCUT2D eigenvalue weighted by Crippen LogP contribution is 2.42.